The fourth-order valence-electron chi connectivity index (χ4n) is 3.64. The van der Waals surface area contributed by atoms with E-state index in [2.05, 4.69) is 60.2 Å². The Morgan fingerprint density at radius 1 is 1.03 bits per heavy atom. The van der Waals surface area contributed by atoms with E-state index in [-0.39, 0.29) is 5.92 Å². The number of quaternary nitrogens is 1. The average molecular weight is 428 g/mol. The first kappa shape index (κ1) is 21.9. The van der Waals surface area contributed by atoms with Crippen molar-refractivity contribution in [1.29, 1.82) is 0 Å². The lowest BCUT2D eigenvalue weighted by Gasteiger charge is -2.22. The molecule has 0 aliphatic heterocycles. The SMILES string of the molecule is COc1cccc([C@@H](CNC(=S)NCC[NH+](C)C)c2c[nH]c3ccccc23)c1OC. The molecule has 0 aliphatic rings. The van der Waals surface area contributed by atoms with Crippen molar-refractivity contribution in [3.8, 4) is 11.5 Å². The number of aromatic amines is 1. The molecule has 30 heavy (non-hydrogen) atoms. The number of ether oxygens (including phenoxy) is 2. The lowest BCUT2D eigenvalue weighted by Crippen LogP contribution is -3.06. The second-order valence-corrected chi connectivity index (χ2v) is 7.93. The predicted octanol–water partition coefficient (Wildman–Crippen LogP) is 1.93. The lowest BCUT2D eigenvalue weighted by atomic mass is 9.90. The fourth-order valence-corrected chi connectivity index (χ4v) is 3.82. The number of benzene rings is 2. The molecule has 0 saturated heterocycles. The van der Waals surface area contributed by atoms with E-state index < -0.39 is 0 Å². The van der Waals surface area contributed by atoms with Crippen LogP contribution in [0.25, 0.3) is 10.9 Å². The Hall–Kier alpha value is -2.77. The monoisotopic (exact) mass is 427 g/mol. The molecular formula is C23H31N4O2S+. The molecule has 0 fully saturated rings. The highest BCUT2D eigenvalue weighted by atomic mass is 32.1. The molecule has 3 rings (SSSR count). The molecule has 1 heterocycles. The number of aromatic nitrogens is 1. The van der Waals surface area contributed by atoms with Gasteiger partial charge in [-0.05, 0) is 29.9 Å². The van der Waals surface area contributed by atoms with Gasteiger partial charge in [0.25, 0.3) is 0 Å². The molecule has 1 aromatic heterocycles. The zero-order chi connectivity index (χ0) is 21.5. The summed E-state index contributed by atoms with van der Waals surface area (Å²) in [5, 5.41) is 8.53. The Labute approximate surface area is 183 Å². The van der Waals surface area contributed by atoms with Crippen molar-refractivity contribution in [1.82, 2.24) is 15.6 Å². The minimum absolute atomic E-state index is 0.0189. The quantitative estimate of drug-likeness (QED) is 0.393. The lowest BCUT2D eigenvalue weighted by molar-refractivity contribution is -0.856. The van der Waals surface area contributed by atoms with Crippen LogP contribution in [0.5, 0.6) is 11.5 Å². The minimum atomic E-state index is 0.0189. The van der Waals surface area contributed by atoms with Gasteiger partial charge in [0.1, 0.15) is 0 Å². The average Bonchev–Trinajstić information content (AvgIpc) is 3.17. The van der Waals surface area contributed by atoms with Crippen LogP contribution in [0.3, 0.4) is 0 Å². The van der Waals surface area contributed by atoms with Gasteiger partial charge >= 0.3 is 0 Å². The van der Waals surface area contributed by atoms with Gasteiger partial charge in [0, 0.05) is 35.1 Å². The number of fused-ring (bicyclic) bond motifs is 1. The predicted molar refractivity (Wildman–Crippen MR) is 126 cm³/mol. The zero-order valence-corrected chi connectivity index (χ0v) is 18.9. The number of hydrogen-bond acceptors (Lipinski definition) is 3. The van der Waals surface area contributed by atoms with Gasteiger partial charge in [-0.25, -0.2) is 0 Å². The maximum absolute atomic E-state index is 5.74. The maximum atomic E-state index is 5.74. The summed E-state index contributed by atoms with van der Waals surface area (Å²) in [6, 6.07) is 14.3. The molecule has 0 unspecified atom stereocenters. The van der Waals surface area contributed by atoms with Crippen molar-refractivity contribution in [2.45, 2.75) is 5.92 Å². The summed E-state index contributed by atoms with van der Waals surface area (Å²) >= 11 is 5.51. The van der Waals surface area contributed by atoms with E-state index in [1.807, 2.05) is 18.2 Å². The number of para-hydroxylation sites is 2. The Morgan fingerprint density at radius 2 is 1.83 bits per heavy atom. The first-order valence-electron chi connectivity index (χ1n) is 10.1. The van der Waals surface area contributed by atoms with E-state index in [9.17, 15) is 0 Å². The van der Waals surface area contributed by atoms with Crippen LogP contribution in [0.15, 0.2) is 48.7 Å². The highest BCUT2D eigenvalue weighted by Gasteiger charge is 2.23. The fraction of sp³-hybridized carbons (Fsp3) is 0.348. The minimum Gasteiger partial charge on any atom is -0.493 e. The van der Waals surface area contributed by atoms with E-state index in [1.165, 1.54) is 15.8 Å². The Bertz CT molecular complexity index is 986. The van der Waals surface area contributed by atoms with Crippen molar-refractivity contribution in [2.75, 3.05) is 47.9 Å². The third-order valence-electron chi connectivity index (χ3n) is 5.18. The molecule has 6 nitrogen and oxygen atoms in total. The van der Waals surface area contributed by atoms with Gasteiger partial charge in [-0.3, -0.25) is 0 Å². The van der Waals surface area contributed by atoms with Crippen LogP contribution < -0.4 is 25.0 Å². The molecule has 0 radical (unpaired) electrons. The van der Waals surface area contributed by atoms with E-state index >= 15 is 0 Å². The van der Waals surface area contributed by atoms with Crippen LogP contribution in [0.1, 0.15) is 17.0 Å². The smallest absolute Gasteiger partial charge is 0.166 e. The van der Waals surface area contributed by atoms with Crippen molar-refractivity contribution in [3.63, 3.8) is 0 Å². The summed E-state index contributed by atoms with van der Waals surface area (Å²) < 4.78 is 11.3. The van der Waals surface area contributed by atoms with Gasteiger partial charge in [-0.1, -0.05) is 30.3 Å². The van der Waals surface area contributed by atoms with Crippen molar-refractivity contribution < 1.29 is 14.4 Å². The second kappa shape index (κ2) is 10.3. The van der Waals surface area contributed by atoms with Crippen LogP contribution >= 0.6 is 12.2 Å². The van der Waals surface area contributed by atoms with Gasteiger partial charge in [0.2, 0.25) is 0 Å². The van der Waals surface area contributed by atoms with Crippen molar-refractivity contribution in [2.24, 2.45) is 0 Å². The van der Waals surface area contributed by atoms with E-state index in [0.29, 0.717) is 11.7 Å². The van der Waals surface area contributed by atoms with E-state index in [4.69, 9.17) is 21.7 Å². The molecule has 1 atom stereocenters. The molecule has 0 aliphatic carbocycles. The summed E-state index contributed by atoms with van der Waals surface area (Å²) in [6.07, 6.45) is 2.07. The molecule has 2 aromatic carbocycles. The van der Waals surface area contributed by atoms with Crippen molar-refractivity contribution in [3.05, 3.63) is 59.8 Å². The third-order valence-corrected chi connectivity index (χ3v) is 5.47. The molecule has 4 N–H and O–H groups in total. The van der Waals surface area contributed by atoms with E-state index in [0.717, 1.165) is 35.7 Å². The van der Waals surface area contributed by atoms with Crippen LogP contribution in [0.2, 0.25) is 0 Å². The first-order chi connectivity index (χ1) is 14.5. The number of nitrogens with one attached hydrogen (secondary N) is 4. The normalized spacial score (nSPS) is 12.0. The highest BCUT2D eigenvalue weighted by Crippen LogP contribution is 2.40. The Balaban J connectivity index is 1.92. The molecular weight excluding hydrogens is 396 g/mol. The topological polar surface area (TPSA) is 62.8 Å². The van der Waals surface area contributed by atoms with Gasteiger partial charge in [-0.15, -0.1) is 0 Å². The molecule has 0 spiro atoms. The molecule has 0 amide bonds. The molecule has 3 aromatic rings. The highest BCUT2D eigenvalue weighted by molar-refractivity contribution is 7.80. The Kier molecular flexibility index (Phi) is 7.54. The molecule has 0 bridgehead atoms. The van der Waals surface area contributed by atoms with Crippen LogP contribution in [-0.4, -0.2) is 58.0 Å². The number of hydrogen-bond donors (Lipinski definition) is 4. The maximum Gasteiger partial charge on any atom is 0.166 e. The standard InChI is InChI=1S/C23H30N4O2S/c1-27(2)13-12-24-23(30)26-15-19(17-9-7-11-21(28-3)22(17)29-4)18-14-25-20-10-6-5-8-16(18)20/h5-11,14,19,25H,12-13,15H2,1-4H3,(H2,24,26,30)/p+1/t19-/m1/s1. The largest absolute Gasteiger partial charge is 0.493 e. The van der Waals surface area contributed by atoms with Gasteiger partial charge < -0.3 is 30.0 Å². The number of methoxy groups -OCH3 is 2. The van der Waals surface area contributed by atoms with Gasteiger partial charge in [-0.2, -0.15) is 0 Å². The van der Waals surface area contributed by atoms with Crippen molar-refractivity contribution >= 4 is 28.2 Å². The van der Waals surface area contributed by atoms with Gasteiger partial charge in [0.05, 0.1) is 41.4 Å². The number of H-pyrrole nitrogens is 1. The second-order valence-electron chi connectivity index (χ2n) is 7.52. The molecule has 160 valence electrons. The van der Waals surface area contributed by atoms with Gasteiger partial charge in [0.15, 0.2) is 16.6 Å². The zero-order valence-electron chi connectivity index (χ0n) is 18.0. The summed E-state index contributed by atoms with van der Waals surface area (Å²) in [4.78, 5) is 4.77. The van der Waals surface area contributed by atoms with Crippen LogP contribution in [-0.2, 0) is 0 Å². The summed E-state index contributed by atoms with van der Waals surface area (Å²) in [5.41, 5.74) is 3.34. The Morgan fingerprint density at radius 3 is 2.57 bits per heavy atom. The number of likely N-dealkylation sites (N-methyl/N-ethyl adjacent to an activating group) is 1. The summed E-state index contributed by atoms with van der Waals surface area (Å²) in [6.45, 7) is 2.46. The molecule has 0 saturated carbocycles. The van der Waals surface area contributed by atoms with E-state index in [1.54, 1.807) is 14.2 Å². The first-order valence-corrected chi connectivity index (χ1v) is 10.5. The number of thiocarbonyl (C=S) groups is 1. The van der Waals surface area contributed by atoms with Crippen LogP contribution in [0, 0.1) is 0 Å². The number of rotatable bonds is 9. The summed E-state index contributed by atoms with van der Waals surface area (Å²) in [7, 11) is 7.59. The molecule has 7 heteroatoms. The summed E-state index contributed by atoms with van der Waals surface area (Å²) in [5.74, 6) is 1.48. The third kappa shape index (κ3) is 5.04. The van der Waals surface area contributed by atoms with Crippen LogP contribution in [0.4, 0.5) is 0 Å².